The van der Waals surface area contributed by atoms with Crippen LogP contribution in [0.4, 0.5) is 0 Å². The molecular formula is C34H55NO3. The van der Waals surface area contributed by atoms with Crippen LogP contribution in [0.5, 0.6) is 0 Å². The molecule has 2 N–H and O–H groups in total. The normalized spacial score (nSPS) is 49.6. The van der Waals surface area contributed by atoms with E-state index in [0.29, 0.717) is 30.8 Å². The fraction of sp³-hybridized carbons (Fsp3) is 0.912. The minimum absolute atomic E-state index is 0.0181. The predicted molar refractivity (Wildman–Crippen MR) is 152 cm³/mol. The number of amides is 1. The van der Waals surface area contributed by atoms with Crippen molar-refractivity contribution < 1.29 is 15.0 Å². The highest BCUT2D eigenvalue weighted by Crippen LogP contribution is 2.75. The van der Waals surface area contributed by atoms with Gasteiger partial charge in [0.1, 0.15) is 0 Å². The van der Waals surface area contributed by atoms with Crippen LogP contribution in [-0.4, -0.2) is 46.3 Å². The Morgan fingerprint density at radius 3 is 2.18 bits per heavy atom. The van der Waals surface area contributed by atoms with E-state index in [9.17, 15) is 15.0 Å². The Morgan fingerprint density at radius 2 is 1.50 bits per heavy atom. The van der Waals surface area contributed by atoms with Gasteiger partial charge in [-0.2, -0.15) is 0 Å². The summed E-state index contributed by atoms with van der Waals surface area (Å²) in [7, 11) is 0. The van der Waals surface area contributed by atoms with Gasteiger partial charge < -0.3 is 15.1 Å². The summed E-state index contributed by atoms with van der Waals surface area (Å²) < 4.78 is 0. The molecule has 8 atom stereocenters. The monoisotopic (exact) mass is 525 g/mol. The van der Waals surface area contributed by atoms with Crippen LogP contribution in [0.2, 0.25) is 0 Å². The molecule has 5 aliphatic carbocycles. The zero-order chi connectivity index (χ0) is 27.5. The molecule has 4 saturated carbocycles. The number of fused-ring (bicyclic) bond motifs is 6. The molecule has 4 nitrogen and oxygen atoms in total. The van der Waals surface area contributed by atoms with E-state index < -0.39 is 0 Å². The van der Waals surface area contributed by atoms with E-state index in [-0.39, 0.29) is 44.7 Å². The van der Waals surface area contributed by atoms with Crippen LogP contribution < -0.4 is 0 Å². The van der Waals surface area contributed by atoms with Gasteiger partial charge in [0.05, 0.1) is 17.6 Å². The van der Waals surface area contributed by atoms with Gasteiger partial charge in [-0.15, -0.1) is 0 Å². The Kier molecular flexibility index (Phi) is 5.99. The highest BCUT2D eigenvalue weighted by molar-refractivity contribution is 5.87. The number of hydrogen-bond donors (Lipinski definition) is 2. The van der Waals surface area contributed by atoms with Gasteiger partial charge in [-0.3, -0.25) is 4.79 Å². The quantitative estimate of drug-likeness (QED) is 0.367. The molecule has 0 aromatic rings. The summed E-state index contributed by atoms with van der Waals surface area (Å²) in [4.78, 5) is 16.4. The summed E-state index contributed by atoms with van der Waals surface area (Å²) in [6, 6.07) is 0. The van der Waals surface area contributed by atoms with Gasteiger partial charge in [-0.25, -0.2) is 0 Å². The van der Waals surface area contributed by atoms with Gasteiger partial charge in [0, 0.05) is 13.1 Å². The molecule has 1 heterocycles. The first-order valence-corrected chi connectivity index (χ1v) is 16.0. The van der Waals surface area contributed by atoms with E-state index in [2.05, 4.69) is 48.5 Å². The summed E-state index contributed by atoms with van der Waals surface area (Å²) in [5, 5.41) is 21.3. The SMILES string of the molecule is CC1(C)CC[C@]2(C(=O)N3CC[C@H](O)C3)CC[C@]3(C)C(=C2C1)CC[C@@H]1[C@@]2(C)CC[C@H](O)C(C)(C)C2CC[C@]13C. The number of aliphatic hydroxyl groups is 2. The zero-order valence-electron chi connectivity index (χ0n) is 25.5. The van der Waals surface area contributed by atoms with Crippen LogP contribution in [0.15, 0.2) is 11.1 Å². The summed E-state index contributed by atoms with van der Waals surface area (Å²) in [6.07, 6.45) is 12.3. The van der Waals surface area contributed by atoms with Gasteiger partial charge in [-0.05, 0) is 116 Å². The maximum absolute atomic E-state index is 14.4. The van der Waals surface area contributed by atoms with Crippen LogP contribution in [-0.2, 0) is 4.79 Å². The first-order chi connectivity index (χ1) is 17.6. The molecule has 0 radical (unpaired) electrons. The fourth-order valence-corrected chi connectivity index (χ4v) is 11.8. The molecule has 38 heavy (non-hydrogen) atoms. The lowest BCUT2D eigenvalue weighted by atomic mass is 9.34. The molecule has 0 aromatic heterocycles. The second-order valence-electron chi connectivity index (χ2n) is 16.9. The minimum Gasteiger partial charge on any atom is -0.393 e. The zero-order valence-corrected chi connectivity index (χ0v) is 25.5. The van der Waals surface area contributed by atoms with E-state index in [1.165, 1.54) is 24.8 Å². The first kappa shape index (κ1) is 27.3. The standard InChI is InChI=1S/C34H55NO3/c1-29(2)15-17-34(28(38)35-19-12-22(36)21-35)18-16-32(6)23(24(34)20-29)8-9-26-31(5)13-11-27(37)30(3,4)25(31)10-14-33(26,32)7/h22,25-27,36-37H,8-21H2,1-7H3/t22-,25?,26+,27-,31-,32+,33+,34-/m0/s1. The smallest absolute Gasteiger partial charge is 0.232 e. The topological polar surface area (TPSA) is 60.8 Å². The Morgan fingerprint density at radius 1 is 0.789 bits per heavy atom. The second-order valence-corrected chi connectivity index (χ2v) is 16.9. The average Bonchev–Trinajstić information content (AvgIpc) is 3.27. The number of nitrogens with zero attached hydrogens (tertiary/aromatic N) is 1. The molecule has 6 aliphatic rings. The molecule has 6 rings (SSSR count). The first-order valence-electron chi connectivity index (χ1n) is 16.0. The van der Waals surface area contributed by atoms with Crippen LogP contribution in [0.1, 0.15) is 126 Å². The van der Waals surface area contributed by atoms with E-state index in [1.54, 1.807) is 5.57 Å². The molecule has 1 saturated heterocycles. The number of carbonyl (C=O) groups is 1. The number of carbonyl (C=O) groups excluding carboxylic acids is 1. The van der Waals surface area contributed by atoms with E-state index in [0.717, 1.165) is 57.8 Å². The van der Waals surface area contributed by atoms with Crippen molar-refractivity contribution in [3.8, 4) is 0 Å². The summed E-state index contributed by atoms with van der Waals surface area (Å²) in [5.41, 5.74) is 3.72. The van der Waals surface area contributed by atoms with Crippen molar-refractivity contribution in [2.75, 3.05) is 13.1 Å². The number of β-amino-alcohol motifs (C(OH)–C–C–N with tert-alkyl or cyclic N) is 1. The van der Waals surface area contributed by atoms with Crippen molar-refractivity contribution in [2.24, 2.45) is 44.3 Å². The summed E-state index contributed by atoms with van der Waals surface area (Å²) in [6.45, 7) is 18.6. The van der Waals surface area contributed by atoms with E-state index in [1.807, 2.05) is 4.90 Å². The Hall–Kier alpha value is -0.870. The van der Waals surface area contributed by atoms with Gasteiger partial charge in [0.15, 0.2) is 0 Å². The van der Waals surface area contributed by atoms with E-state index >= 15 is 0 Å². The Labute approximate surface area is 232 Å². The third-order valence-electron chi connectivity index (χ3n) is 14.4. The molecular weight excluding hydrogens is 470 g/mol. The summed E-state index contributed by atoms with van der Waals surface area (Å²) in [5.74, 6) is 1.58. The third-order valence-corrected chi connectivity index (χ3v) is 14.4. The number of rotatable bonds is 1. The largest absolute Gasteiger partial charge is 0.393 e. The van der Waals surface area contributed by atoms with Crippen molar-refractivity contribution in [2.45, 2.75) is 138 Å². The van der Waals surface area contributed by atoms with Crippen molar-refractivity contribution in [1.29, 1.82) is 0 Å². The minimum atomic E-state index is -0.358. The molecule has 1 unspecified atom stereocenters. The molecule has 1 aliphatic heterocycles. The Bertz CT molecular complexity index is 1040. The van der Waals surface area contributed by atoms with Gasteiger partial charge in [0.2, 0.25) is 5.91 Å². The molecule has 214 valence electrons. The lowest BCUT2D eigenvalue weighted by Crippen LogP contribution is -2.64. The number of likely N-dealkylation sites (tertiary alicyclic amines) is 1. The van der Waals surface area contributed by atoms with Crippen molar-refractivity contribution in [3.05, 3.63) is 11.1 Å². The van der Waals surface area contributed by atoms with Crippen molar-refractivity contribution >= 4 is 5.91 Å². The number of aliphatic hydroxyl groups excluding tert-OH is 2. The number of hydrogen-bond acceptors (Lipinski definition) is 3. The van der Waals surface area contributed by atoms with Crippen molar-refractivity contribution in [3.63, 3.8) is 0 Å². The van der Waals surface area contributed by atoms with Crippen molar-refractivity contribution in [1.82, 2.24) is 4.90 Å². The van der Waals surface area contributed by atoms with Crippen LogP contribution in [0.3, 0.4) is 0 Å². The Balaban J connectivity index is 1.43. The molecule has 5 fully saturated rings. The highest BCUT2D eigenvalue weighted by Gasteiger charge is 2.68. The highest BCUT2D eigenvalue weighted by atomic mass is 16.3. The van der Waals surface area contributed by atoms with Crippen LogP contribution in [0.25, 0.3) is 0 Å². The van der Waals surface area contributed by atoms with Crippen LogP contribution >= 0.6 is 0 Å². The lowest BCUT2D eigenvalue weighted by molar-refractivity contribution is -0.204. The average molecular weight is 526 g/mol. The van der Waals surface area contributed by atoms with Gasteiger partial charge >= 0.3 is 0 Å². The van der Waals surface area contributed by atoms with Crippen LogP contribution in [0, 0.1) is 44.3 Å². The molecule has 4 heteroatoms. The predicted octanol–water partition coefficient (Wildman–Crippen LogP) is 6.89. The molecule has 1 amide bonds. The van der Waals surface area contributed by atoms with Gasteiger partial charge in [-0.1, -0.05) is 59.6 Å². The molecule has 0 bridgehead atoms. The third kappa shape index (κ3) is 3.44. The van der Waals surface area contributed by atoms with E-state index in [4.69, 9.17) is 0 Å². The molecule has 0 aromatic carbocycles. The number of allylic oxidation sites excluding steroid dienone is 1. The fourth-order valence-electron chi connectivity index (χ4n) is 11.8. The summed E-state index contributed by atoms with van der Waals surface area (Å²) >= 11 is 0. The maximum atomic E-state index is 14.4. The van der Waals surface area contributed by atoms with Gasteiger partial charge in [0.25, 0.3) is 0 Å². The maximum Gasteiger partial charge on any atom is 0.232 e. The lowest BCUT2D eigenvalue weighted by Gasteiger charge is -2.71. The molecule has 0 spiro atoms. The second kappa shape index (κ2) is 8.34.